The van der Waals surface area contributed by atoms with Gasteiger partial charge in [0.25, 0.3) is 0 Å². The SMILES string of the molecule is CCCCC[C@H](O)/C=C/[C@@H]1[C@H]2CC[C@H](CCCCC(=O)O)S[C@H]2C[C@H]1O. The Kier molecular flexibility index (Phi) is 9.51. The molecule has 1 aliphatic carbocycles. The summed E-state index contributed by atoms with van der Waals surface area (Å²) < 4.78 is 0. The second kappa shape index (κ2) is 11.4. The van der Waals surface area contributed by atoms with Crippen molar-refractivity contribution in [2.75, 3.05) is 0 Å². The molecule has 0 radical (unpaired) electrons. The van der Waals surface area contributed by atoms with Crippen molar-refractivity contribution in [3.63, 3.8) is 0 Å². The molecule has 2 rings (SSSR count). The van der Waals surface area contributed by atoms with E-state index in [9.17, 15) is 15.0 Å². The van der Waals surface area contributed by atoms with E-state index in [1.54, 1.807) is 0 Å². The molecule has 2 aliphatic rings. The van der Waals surface area contributed by atoms with Gasteiger partial charge >= 0.3 is 5.97 Å². The monoisotopic (exact) mass is 384 g/mol. The fourth-order valence-corrected chi connectivity index (χ4v) is 6.32. The second-order valence-corrected chi connectivity index (χ2v) is 9.55. The molecule has 1 heterocycles. The molecule has 5 heteroatoms. The molecular weight excluding hydrogens is 348 g/mol. The van der Waals surface area contributed by atoms with Gasteiger partial charge in [0.2, 0.25) is 0 Å². The van der Waals surface area contributed by atoms with Gasteiger partial charge in [-0.3, -0.25) is 4.79 Å². The molecule has 26 heavy (non-hydrogen) atoms. The topological polar surface area (TPSA) is 77.8 Å². The van der Waals surface area contributed by atoms with Crippen molar-refractivity contribution < 1.29 is 20.1 Å². The van der Waals surface area contributed by atoms with Crippen molar-refractivity contribution >= 4 is 17.7 Å². The molecule has 0 spiro atoms. The number of unbranched alkanes of at least 4 members (excludes halogenated alkanes) is 3. The Hall–Kier alpha value is -0.520. The summed E-state index contributed by atoms with van der Waals surface area (Å²) in [5.74, 6) is -0.00238. The normalized spacial score (nSPS) is 32.7. The minimum Gasteiger partial charge on any atom is -0.481 e. The number of hydrogen-bond donors (Lipinski definition) is 3. The lowest BCUT2D eigenvalue weighted by Gasteiger charge is -2.33. The van der Waals surface area contributed by atoms with Crippen LogP contribution in [0.15, 0.2) is 12.2 Å². The first kappa shape index (κ1) is 21.8. The van der Waals surface area contributed by atoms with Gasteiger partial charge in [0.1, 0.15) is 0 Å². The Labute approximate surface area is 162 Å². The molecule has 4 nitrogen and oxygen atoms in total. The fourth-order valence-electron chi connectivity index (χ4n) is 4.42. The minimum absolute atomic E-state index is 0.182. The van der Waals surface area contributed by atoms with Gasteiger partial charge in [0.15, 0.2) is 0 Å². The van der Waals surface area contributed by atoms with Crippen LogP contribution in [0.2, 0.25) is 0 Å². The molecule has 0 aromatic carbocycles. The van der Waals surface area contributed by atoms with Crippen molar-refractivity contribution in [3.05, 3.63) is 12.2 Å². The van der Waals surface area contributed by atoms with Crippen LogP contribution < -0.4 is 0 Å². The van der Waals surface area contributed by atoms with Crippen molar-refractivity contribution in [3.8, 4) is 0 Å². The molecule has 150 valence electrons. The highest BCUT2D eigenvalue weighted by molar-refractivity contribution is 8.00. The molecule has 0 bridgehead atoms. The number of rotatable bonds is 11. The van der Waals surface area contributed by atoms with E-state index in [0.717, 1.165) is 64.2 Å². The zero-order valence-electron chi connectivity index (χ0n) is 16.1. The average Bonchev–Trinajstić information content (AvgIpc) is 2.91. The third-order valence-electron chi connectivity index (χ3n) is 5.90. The van der Waals surface area contributed by atoms with Gasteiger partial charge in [-0.05, 0) is 44.4 Å². The third-order valence-corrected chi connectivity index (χ3v) is 7.65. The van der Waals surface area contributed by atoms with Gasteiger partial charge < -0.3 is 15.3 Å². The summed E-state index contributed by atoms with van der Waals surface area (Å²) >= 11 is 2.02. The van der Waals surface area contributed by atoms with E-state index in [-0.39, 0.29) is 24.5 Å². The van der Waals surface area contributed by atoms with Gasteiger partial charge in [0, 0.05) is 22.8 Å². The number of aliphatic carboxylic acids is 1. The van der Waals surface area contributed by atoms with Gasteiger partial charge in [-0.2, -0.15) is 11.8 Å². The Morgan fingerprint density at radius 2 is 2.04 bits per heavy atom. The van der Waals surface area contributed by atoms with Gasteiger partial charge in [-0.25, -0.2) is 0 Å². The van der Waals surface area contributed by atoms with Crippen LogP contribution in [0.25, 0.3) is 0 Å². The summed E-state index contributed by atoms with van der Waals surface area (Å²) in [6.45, 7) is 2.16. The molecule has 1 aliphatic heterocycles. The summed E-state index contributed by atoms with van der Waals surface area (Å²) in [7, 11) is 0. The second-order valence-electron chi connectivity index (χ2n) is 8.01. The fraction of sp³-hybridized carbons (Fsp3) is 0.857. The lowest BCUT2D eigenvalue weighted by Crippen LogP contribution is -2.26. The lowest BCUT2D eigenvalue weighted by atomic mass is 9.88. The Bertz CT molecular complexity index is 453. The highest BCUT2D eigenvalue weighted by Crippen LogP contribution is 2.49. The summed E-state index contributed by atoms with van der Waals surface area (Å²) in [5.41, 5.74) is 0. The zero-order chi connectivity index (χ0) is 18.9. The number of fused-ring (bicyclic) bond motifs is 1. The van der Waals surface area contributed by atoms with E-state index in [2.05, 4.69) is 13.0 Å². The van der Waals surface area contributed by atoms with Crippen molar-refractivity contribution in [2.45, 2.75) is 100 Å². The predicted octanol–water partition coefficient (Wildman–Crippen LogP) is 4.39. The first-order valence-electron chi connectivity index (χ1n) is 10.4. The third kappa shape index (κ3) is 6.90. The predicted molar refractivity (Wildman–Crippen MR) is 107 cm³/mol. The number of carboxylic acid groups (broad SMARTS) is 1. The van der Waals surface area contributed by atoms with E-state index >= 15 is 0 Å². The molecular formula is C21H36O4S. The van der Waals surface area contributed by atoms with Crippen LogP contribution in [0, 0.1) is 11.8 Å². The highest BCUT2D eigenvalue weighted by Gasteiger charge is 2.44. The Morgan fingerprint density at radius 1 is 1.23 bits per heavy atom. The van der Waals surface area contributed by atoms with Crippen LogP contribution in [0.3, 0.4) is 0 Å². The van der Waals surface area contributed by atoms with E-state index < -0.39 is 5.97 Å². The zero-order valence-corrected chi connectivity index (χ0v) is 16.9. The molecule has 2 fully saturated rings. The summed E-state index contributed by atoms with van der Waals surface area (Å²) in [4.78, 5) is 10.6. The largest absolute Gasteiger partial charge is 0.481 e. The Morgan fingerprint density at radius 3 is 2.77 bits per heavy atom. The lowest BCUT2D eigenvalue weighted by molar-refractivity contribution is -0.137. The average molecular weight is 385 g/mol. The number of carbonyl (C=O) groups is 1. The number of aliphatic hydroxyl groups excluding tert-OH is 2. The summed E-state index contributed by atoms with van der Waals surface area (Å²) in [6, 6.07) is 0. The van der Waals surface area contributed by atoms with Crippen LogP contribution in [0.1, 0.15) is 77.6 Å². The molecule has 6 atom stereocenters. The van der Waals surface area contributed by atoms with Crippen LogP contribution in [-0.2, 0) is 4.79 Å². The van der Waals surface area contributed by atoms with E-state index in [4.69, 9.17) is 5.11 Å². The molecule has 0 unspecified atom stereocenters. The molecule has 1 saturated heterocycles. The van der Waals surface area contributed by atoms with Crippen LogP contribution in [-0.4, -0.2) is 44.0 Å². The summed E-state index contributed by atoms with van der Waals surface area (Å²) in [6.07, 6.45) is 13.8. The smallest absolute Gasteiger partial charge is 0.303 e. The minimum atomic E-state index is -0.702. The first-order chi connectivity index (χ1) is 12.5. The van der Waals surface area contributed by atoms with Gasteiger partial charge in [-0.15, -0.1) is 0 Å². The van der Waals surface area contributed by atoms with Crippen molar-refractivity contribution in [2.24, 2.45) is 11.8 Å². The van der Waals surface area contributed by atoms with Gasteiger partial charge in [-0.1, -0.05) is 44.8 Å². The molecule has 3 N–H and O–H groups in total. The maximum absolute atomic E-state index is 10.6. The highest BCUT2D eigenvalue weighted by atomic mass is 32.2. The van der Waals surface area contributed by atoms with Crippen molar-refractivity contribution in [1.82, 2.24) is 0 Å². The number of carboxylic acids is 1. The molecule has 0 aromatic heterocycles. The first-order valence-corrected chi connectivity index (χ1v) is 11.4. The maximum Gasteiger partial charge on any atom is 0.303 e. The number of aliphatic hydroxyl groups is 2. The Balaban J connectivity index is 1.76. The van der Waals surface area contributed by atoms with Gasteiger partial charge in [0.05, 0.1) is 12.2 Å². The standard InChI is InChI=1S/C21H36O4S/c1-2-3-4-7-15(22)10-12-17-18-13-11-16(8-5-6-9-21(24)25)26-20(18)14-19(17)23/h10,12,15-20,22-23H,2-9,11,13-14H2,1H3,(H,24,25)/b12-10+/t15-,16-,17+,18+,19+,20-/m0/s1. The van der Waals surface area contributed by atoms with E-state index in [0.29, 0.717) is 16.4 Å². The van der Waals surface area contributed by atoms with Crippen LogP contribution in [0.5, 0.6) is 0 Å². The molecule has 0 aromatic rings. The molecule has 1 saturated carbocycles. The quantitative estimate of drug-likeness (QED) is 0.364. The molecule has 0 amide bonds. The van der Waals surface area contributed by atoms with Crippen LogP contribution >= 0.6 is 11.8 Å². The van der Waals surface area contributed by atoms with Crippen LogP contribution in [0.4, 0.5) is 0 Å². The maximum atomic E-state index is 10.6. The summed E-state index contributed by atoms with van der Waals surface area (Å²) in [5, 5.41) is 30.4. The van der Waals surface area contributed by atoms with Crippen molar-refractivity contribution in [1.29, 1.82) is 0 Å². The van der Waals surface area contributed by atoms with E-state index in [1.165, 1.54) is 0 Å². The number of hydrogen-bond acceptors (Lipinski definition) is 4. The number of thioether (sulfide) groups is 1. The van der Waals surface area contributed by atoms with E-state index in [1.807, 2.05) is 17.8 Å².